The quantitative estimate of drug-likeness (QED) is 0.654. The summed E-state index contributed by atoms with van der Waals surface area (Å²) in [6, 6.07) is 4.96. The molecule has 15 heavy (non-hydrogen) atoms. The Kier molecular flexibility index (Phi) is 3.41. The maximum absolute atomic E-state index is 11.1. The number of hydrogen-bond acceptors (Lipinski definition) is 3. The van der Waals surface area contributed by atoms with E-state index in [1.807, 2.05) is 0 Å². The Bertz CT molecular complexity index is 402. The van der Waals surface area contributed by atoms with Crippen molar-refractivity contribution < 1.29 is 14.7 Å². The van der Waals surface area contributed by atoms with E-state index in [1.54, 1.807) is 25.1 Å². The Morgan fingerprint density at radius 3 is 2.67 bits per heavy atom. The predicted molar refractivity (Wildman–Crippen MR) is 55.4 cm³/mol. The van der Waals surface area contributed by atoms with Crippen molar-refractivity contribution >= 4 is 17.5 Å². The van der Waals surface area contributed by atoms with E-state index >= 15 is 0 Å². The molecule has 0 aliphatic rings. The molecule has 1 rings (SSSR count). The van der Waals surface area contributed by atoms with E-state index in [2.05, 4.69) is 5.32 Å². The minimum absolute atomic E-state index is 0.263. The normalized spacial score (nSPS) is 9.73. The summed E-state index contributed by atoms with van der Waals surface area (Å²) in [5.41, 5.74) is 6.44. The minimum Gasteiger partial charge on any atom is -0.387 e. The molecule has 2 amide bonds. The molecule has 5 heteroatoms. The lowest BCUT2D eigenvalue weighted by molar-refractivity contribution is -0.118. The lowest BCUT2D eigenvalue weighted by Gasteiger charge is -2.09. The third-order valence-electron chi connectivity index (χ3n) is 1.94. The van der Waals surface area contributed by atoms with Crippen LogP contribution in [0.3, 0.4) is 0 Å². The molecule has 1 aromatic carbocycles. The van der Waals surface area contributed by atoms with E-state index < -0.39 is 18.4 Å². The Morgan fingerprint density at radius 2 is 2.13 bits per heavy atom. The zero-order chi connectivity index (χ0) is 11.4. The summed E-state index contributed by atoms with van der Waals surface area (Å²) >= 11 is 0. The van der Waals surface area contributed by atoms with Gasteiger partial charge in [-0.3, -0.25) is 9.59 Å². The maximum Gasteiger partial charge on any atom is 0.251 e. The fourth-order valence-corrected chi connectivity index (χ4v) is 1.29. The molecule has 0 aromatic heterocycles. The molecule has 5 nitrogen and oxygen atoms in total. The highest BCUT2D eigenvalue weighted by atomic mass is 16.3. The summed E-state index contributed by atoms with van der Waals surface area (Å²) in [7, 11) is 0. The van der Waals surface area contributed by atoms with Gasteiger partial charge in [-0.05, 0) is 18.6 Å². The van der Waals surface area contributed by atoms with Crippen LogP contribution >= 0.6 is 0 Å². The lowest BCUT2D eigenvalue weighted by atomic mass is 10.1. The first-order valence-corrected chi connectivity index (χ1v) is 4.36. The third-order valence-corrected chi connectivity index (χ3v) is 1.94. The molecule has 0 radical (unpaired) electrons. The average Bonchev–Trinajstić information content (AvgIpc) is 2.17. The van der Waals surface area contributed by atoms with Crippen molar-refractivity contribution in [2.75, 3.05) is 11.9 Å². The fraction of sp³-hybridized carbons (Fsp3) is 0.200. The van der Waals surface area contributed by atoms with Gasteiger partial charge in [-0.2, -0.15) is 0 Å². The molecule has 1 aromatic rings. The van der Waals surface area contributed by atoms with Crippen molar-refractivity contribution in [1.82, 2.24) is 0 Å². The summed E-state index contributed by atoms with van der Waals surface area (Å²) < 4.78 is 0. The molecule has 0 atom stereocenters. The number of primary amides is 1. The van der Waals surface area contributed by atoms with Crippen LogP contribution in [0.15, 0.2) is 18.2 Å². The van der Waals surface area contributed by atoms with Crippen molar-refractivity contribution in [2.24, 2.45) is 5.73 Å². The van der Waals surface area contributed by atoms with Gasteiger partial charge in [0.2, 0.25) is 5.91 Å². The Morgan fingerprint density at radius 1 is 1.47 bits per heavy atom. The number of hydrogen-bond donors (Lipinski definition) is 3. The van der Waals surface area contributed by atoms with E-state index in [4.69, 9.17) is 10.8 Å². The van der Waals surface area contributed by atoms with Gasteiger partial charge in [-0.1, -0.05) is 12.1 Å². The van der Waals surface area contributed by atoms with E-state index in [0.29, 0.717) is 11.3 Å². The second-order valence-corrected chi connectivity index (χ2v) is 3.07. The highest BCUT2D eigenvalue weighted by Crippen LogP contribution is 2.18. The number of rotatable bonds is 3. The number of amides is 2. The molecule has 0 saturated heterocycles. The van der Waals surface area contributed by atoms with Gasteiger partial charge in [-0.15, -0.1) is 0 Å². The second-order valence-electron chi connectivity index (χ2n) is 3.07. The molecule has 0 bridgehead atoms. The molecule has 0 unspecified atom stereocenters. The molecule has 0 spiro atoms. The second kappa shape index (κ2) is 4.56. The smallest absolute Gasteiger partial charge is 0.251 e. The Balaban J connectivity index is 3.11. The average molecular weight is 208 g/mol. The van der Waals surface area contributed by atoms with Crippen molar-refractivity contribution in [3.63, 3.8) is 0 Å². The van der Waals surface area contributed by atoms with Gasteiger partial charge in [0.05, 0.1) is 11.3 Å². The van der Waals surface area contributed by atoms with Crippen LogP contribution in [-0.2, 0) is 4.79 Å². The lowest BCUT2D eigenvalue weighted by Crippen LogP contribution is -2.21. The standard InChI is InChI=1S/C10H12N2O3/c1-6-3-2-4-7(9(6)10(11)15)12-8(14)5-13/h2-4,13H,5H2,1H3,(H2,11,15)(H,12,14). The number of nitrogens with two attached hydrogens (primary N) is 1. The largest absolute Gasteiger partial charge is 0.387 e. The Labute approximate surface area is 86.9 Å². The van der Waals surface area contributed by atoms with E-state index in [0.717, 1.165) is 0 Å². The zero-order valence-electron chi connectivity index (χ0n) is 8.28. The van der Waals surface area contributed by atoms with Crippen LogP contribution in [0.4, 0.5) is 5.69 Å². The van der Waals surface area contributed by atoms with Crippen LogP contribution < -0.4 is 11.1 Å². The molecule has 0 aliphatic heterocycles. The summed E-state index contributed by atoms with van der Waals surface area (Å²) in [6.45, 7) is 1.08. The molecular weight excluding hydrogens is 196 g/mol. The van der Waals surface area contributed by atoms with Gasteiger partial charge in [-0.25, -0.2) is 0 Å². The van der Waals surface area contributed by atoms with Crippen LogP contribution in [0.25, 0.3) is 0 Å². The molecule has 0 aliphatic carbocycles. The van der Waals surface area contributed by atoms with Crippen molar-refractivity contribution in [2.45, 2.75) is 6.92 Å². The third kappa shape index (κ3) is 2.54. The summed E-state index contributed by atoms with van der Waals surface area (Å²) in [6.07, 6.45) is 0. The monoisotopic (exact) mass is 208 g/mol. The number of aryl methyl sites for hydroxylation is 1. The molecule has 0 heterocycles. The van der Waals surface area contributed by atoms with Crippen LogP contribution in [0, 0.1) is 6.92 Å². The molecule has 80 valence electrons. The molecule has 0 saturated carbocycles. The number of aliphatic hydroxyl groups is 1. The molecule has 4 N–H and O–H groups in total. The predicted octanol–water partition coefficient (Wildman–Crippen LogP) is 0.0247. The number of nitrogens with one attached hydrogen (secondary N) is 1. The van der Waals surface area contributed by atoms with Crippen LogP contribution in [0.1, 0.15) is 15.9 Å². The Hall–Kier alpha value is -1.88. The summed E-state index contributed by atoms with van der Waals surface area (Å²) in [4.78, 5) is 22.1. The maximum atomic E-state index is 11.1. The number of aliphatic hydroxyl groups excluding tert-OH is 1. The molecule has 0 fully saturated rings. The fourth-order valence-electron chi connectivity index (χ4n) is 1.29. The van der Waals surface area contributed by atoms with Gasteiger partial charge in [0, 0.05) is 0 Å². The number of carbonyl (C=O) groups excluding carboxylic acids is 2. The summed E-state index contributed by atoms with van der Waals surface area (Å²) in [5, 5.41) is 11.0. The SMILES string of the molecule is Cc1cccc(NC(=O)CO)c1C(N)=O. The van der Waals surface area contributed by atoms with E-state index in [1.165, 1.54) is 0 Å². The first kappa shape index (κ1) is 11.2. The van der Waals surface area contributed by atoms with Crippen molar-refractivity contribution in [3.8, 4) is 0 Å². The number of carbonyl (C=O) groups is 2. The molecular formula is C10H12N2O3. The van der Waals surface area contributed by atoms with Crippen LogP contribution in [0.2, 0.25) is 0 Å². The first-order chi connectivity index (χ1) is 7.06. The first-order valence-electron chi connectivity index (χ1n) is 4.36. The number of benzene rings is 1. The van der Waals surface area contributed by atoms with Crippen LogP contribution in [0.5, 0.6) is 0 Å². The summed E-state index contributed by atoms with van der Waals surface area (Å²) in [5.74, 6) is -1.19. The zero-order valence-corrected chi connectivity index (χ0v) is 8.28. The number of anilines is 1. The van der Waals surface area contributed by atoms with Gasteiger partial charge >= 0.3 is 0 Å². The van der Waals surface area contributed by atoms with Gasteiger partial charge < -0.3 is 16.2 Å². The van der Waals surface area contributed by atoms with Crippen LogP contribution in [-0.4, -0.2) is 23.5 Å². The topological polar surface area (TPSA) is 92.4 Å². The van der Waals surface area contributed by atoms with Crippen molar-refractivity contribution in [3.05, 3.63) is 29.3 Å². The van der Waals surface area contributed by atoms with Gasteiger partial charge in [0.15, 0.2) is 0 Å². The van der Waals surface area contributed by atoms with Crippen molar-refractivity contribution in [1.29, 1.82) is 0 Å². The van der Waals surface area contributed by atoms with E-state index in [-0.39, 0.29) is 5.56 Å². The van der Waals surface area contributed by atoms with Gasteiger partial charge in [0.1, 0.15) is 6.61 Å². The van der Waals surface area contributed by atoms with E-state index in [9.17, 15) is 9.59 Å². The highest BCUT2D eigenvalue weighted by molar-refractivity contribution is 6.04. The highest BCUT2D eigenvalue weighted by Gasteiger charge is 2.12. The minimum atomic E-state index is -0.633. The van der Waals surface area contributed by atoms with Gasteiger partial charge in [0.25, 0.3) is 5.91 Å².